The van der Waals surface area contributed by atoms with E-state index in [0.29, 0.717) is 36.6 Å². The number of nitrogens with one attached hydrogen (secondary N) is 2. The summed E-state index contributed by atoms with van der Waals surface area (Å²) in [5, 5.41) is 5.98. The SMILES string of the molecule is CCCCCCc1ccc(C(=O)Nc2ccc(N3CCCC3)c(C(=O)NCCCOCC)c2)cc1. The third-order valence-electron chi connectivity index (χ3n) is 6.44. The summed E-state index contributed by atoms with van der Waals surface area (Å²) in [5.41, 5.74) is 4.03. The maximum Gasteiger partial charge on any atom is 0.255 e. The van der Waals surface area contributed by atoms with Gasteiger partial charge in [-0.15, -0.1) is 0 Å². The average molecular weight is 480 g/mol. The second-order valence-corrected chi connectivity index (χ2v) is 9.19. The van der Waals surface area contributed by atoms with Crippen LogP contribution in [0.1, 0.15) is 85.1 Å². The van der Waals surface area contributed by atoms with E-state index in [1.54, 1.807) is 6.07 Å². The maximum atomic E-state index is 13.0. The van der Waals surface area contributed by atoms with Gasteiger partial charge in [0.15, 0.2) is 0 Å². The molecule has 0 atom stereocenters. The highest BCUT2D eigenvalue weighted by atomic mass is 16.5. The smallest absolute Gasteiger partial charge is 0.255 e. The molecule has 1 heterocycles. The Hall–Kier alpha value is -2.86. The van der Waals surface area contributed by atoms with Crippen molar-refractivity contribution in [2.45, 2.75) is 65.2 Å². The van der Waals surface area contributed by atoms with Crippen LogP contribution in [0.15, 0.2) is 42.5 Å². The number of aryl methyl sites for hydroxylation is 1. The third-order valence-corrected chi connectivity index (χ3v) is 6.44. The lowest BCUT2D eigenvalue weighted by Gasteiger charge is -2.22. The molecule has 190 valence electrons. The van der Waals surface area contributed by atoms with Gasteiger partial charge in [-0.3, -0.25) is 9.59 Å². The molecule has 2 aromatic rings. The van der Waals surface area contributed by atoms with Gasteiger partial charge in [-0.05, 0) is 74.9 Å². The minimum atomic E-state index is -0.167. The lowest BCUT2D eigenvalue weighted by Crippen LogP contribution is -2.29. The van der Waals surface area contributed by atoms with E-state index < -0.39 is 0 Å². The lowest BCUT2D eigenvalue weighted by molar-refractivity contribution is 0.0943. The summed E-state index contributed by atoms with van der Waals surface area (Å²) in [6, 6.07) is 13.5. The average Bonchev–Trinajstić information content (AvgIpc) is 3.41. The number of ether oxygens (including phenoxy) is 1. The quantitative estimate of drug-likeness (QED) is 0.335. The van der Waals surface area contributed by atoms with Gasteiger partial charge in [0.2, 0.25) is 0 Å². The molecule has 0 bridgehead atoms. The number of benzene rings is 2. The normalized spacial score (nSPS) is 13.1. The molecule has 0 aromatic heterocycles. The summed E-state index contributed by atoms with van der Waals surface area (Å²) in [4.78, 5) is 28.2. The van der Waals surface area contributed by atoms with Gasteiger partial charge < -0.3 is 20.3 Å². The molecule has 0 aliphatic carbocycles. The van der Waals surface area contributed by atoms with Gasteiger partial charge in [0.1, 0.15) is 0 Å². The zero-order chi connectivity index (χ0) is 24.9. The highest BCUT2D eigenvalue weighted by molar-refractivity contribution is 6.06. The van der Waals surface area contributed by atoms with Gasteiger partial charge in [-0.1, -0.05) is 38.3 Å². The van der Waals surface area contributed by atoms with Crippen molar-refractivity contribution in [2.75, 3.05) is 43.1 Å². The van der Waals surface area contributed by atoms with Crippen molar-refractivity contribution in [3.8, 4) is 0 Å². The molecular formula is C29H41N3O3. The summed E-state index contributed by atoms with van der Waals surface area (Å²) in [5.74, 6) is -0.286. The molecule has 0 saturated carbocycles. The lowest BCUT2D eigenvalue weighted by atomic mass is 10.0. The zero-order valence-electron chi connectivity index (χ0n) is 21.4. The Bertz CT molecular complexity index is 937. The van der Waals surface area contributed by atoms with Gasteiger partial charge in [0.05, 0.1) is 5.56 Å². The van der Waals surface area contributed by atoms with E-state index in [-0.39, 0.29) is 11.8 Å². The van der Waals surface area contributed by atoms with Crippen LogP contribution in [0, 0.1) is 0 Å². The van der Waals surface area contributed by atoms with E-state index in [1.807, 2.05) is 43.3 Å². The van der Waals surface area contributed by atoms with Crippen molar-refractivity contribution in [3.05, 3.63) is 59.2 Å². The zero-order valence-corrected chi connectivity index (χ0v) is 21.4. The molecule has 2 N–H and O–H groups in total. The Morgan fingerprint density at radius 2 is 1.69 bits per heavy atom. The summed E-state index contributed by atoms with van der Waals surface area (Å²) < 4.78 is 5.36. The Kier molecular flexibility index (Phi) is 11.1. The van der Waals surface area contributed by atoms with Gasteiger partial charge in [0, 0.05) is 49.8 Å². The van der Waals surface area contributed by atoms with E-state index in [0.717, 1.165) is 44.5 Å². The molecule has 6 nitrogen and oxygen atoms in total. The van der Waals surface area contributed by atoms with Crippen LogP contribution in [0.5, 0.6) is 0 Å². The molecule has 1 aliphatic heterocycles. The predicted octanol–water partition coefficient (Wildman–Crippen LogP) is 5.82. The number of carbonyl (C=O) groups is 2. The first kappa shape index (κ1) is 26.7. The van der Waals surface area contributed by atoms with Crippen LogP contribution >= 0.6 is 0 Å². The minimum absolute atomic E-state index is 0.119. The van der Waals surface area contributed by atoms with Crippen molar-refractivity contribution in [1.29, 1.82) is 0 Å². The number of nitrogens with zero attached hydrogens (tertiary/aromatic N) is 1. The number of hydrogen-bond donors (Lipinski definition) is 2. The fourth-order valence-corrected chi connectivity index (χ4v) is 4.43. The number of unbranched alkanes of at least 4 members (excludes halogenated alkanes) is 3. The van der Waals surface area contributed by atoms with Gasteiger partial charge in [-0.25, -0.2) is 0 Å². The molecule has 0 radical (unpaired) electrons. The summed E-state index contributed by atoms with van der Waals surface area (Å²) in [6.45, 7) is 7.93. The fraction of sp³-hybridized carbons (Fsp3) is 0.517. The predicted molar refractivity (Wildman–Crippen MR) is 144 cm³/mol. The number of rotatable bonds is 14. The van der Waals surface area contributed by atoms with Crippen LogP contribution in [0.3, 0.4) is 0 Å². The van der Waals surface area contributed by atoms with E-state index in [9.17, 15) is 9.59 Å². The van der Waals surface area contributed by atoms with Crippen LogP contribution in [-0.2, 0) is 11.2 Å². The Morgan fingerprint density at radius 1 is 0.914 bits per heavy atom. The molecule has 1 fully saturated rings. The molecule has 1 aliphatic rings. The first-order valence-electron chi connectivity index (χ1n) is 13.3. The molecule has 35 heavy (non-hydrogen) atoms. The van der Waals surface area contributed by atoms with Crippen LogP contribution in [0.25, 0.3) is 0 Å². The fourth-order valence-electron chi connectivity index (χ4n) is 4.43. The largest absolute Gasteiger partial charge is 0.382 e. The van der Waals surface area contributed by atoms with E-state index in [4.69, 9.17) is 4.74 Å². The van der Waals surface area contributed by atoms with Crippen molar-refractivity contribution < 1.29 is 14.3 Å². The van der Waals surface area contributed by atoms with Crippen molar-refractivity contribution in [1.82, 2.24) is 5.32 Å². The summed E-state index contributed by atoms with van der Waals surface area (Å²) in [7, 11) is 0. The van der Waals surface area contributed by atoms with Crippen molar-refractivity contribution >= 4 is 23.2 Å². The standard InChI is InChI=1S/C29H41N3O3/c1-3-5-6-7-11-23-12-14-24(15-13-23)28(33)31-25-16-17-27(32-19-8-9-20-32)26(22-25)29(34)30-18-10-21-35-4-2/h12-17,22H,3-11,18-21H2,1-2H3,(H,30,34)(H,31,33). The molecule has 1 saturated heterocycles. The highest BCUT2D eigenvalue weighted by Crippen LogP contribution is 2.28. The van der Waals surface area contributed by atoms with Crippen LogP contribution in [-0.4, -0.2) is 44.7 Å². The molecule has 0 spiro atoms. The first-order chi connectivity index (χ1) is 17.1. The van der Waals surface area contributed by atoms with Gasteiger partial charge in [0.25, 0.3) is 11.8 Å². The Balaban J connectivity index is 1.65. The Labute approximate surface area is 210 Å². The monoisotopic (exact) mass is 479 g/mol. The van der Waals surface area contributed by atoms with E-state index >= 15 is 0 Å². The van der Waals surface area contributed by atoms with Crippen LogP contribution < -0.4 is 15.5 Å². The van der Waals surface area contributed by atoms with Crippen LogP contribution in [0.4, 0.5) is 11.4 Å². The van der Waals surface area contributed by atoms with Gasteiger partial charge >= 0.3 is 0 Å². The second-order valence-electron chi connectivity index (χ2n) is 9.19. The number of amides is 2. The molecule has 2 amide bonds. The Morgan fingerprint density at radius 3 is 2.40 bits per heavy atom. The highest BCUT2D eigenvalue weighted by Gasteiger charge is 2.20. The van der Waals surface area contributed by atoms with E-state index in [2.05, 4.69) is 22.5 Å². The summed E-state index contributed by atoms with van der Waals surface area (Å²) in [6.07, 6.45) is 8.99. The third kappa shape index (κ3) is 8.39. The molecule has 6 heteroatoms. The molecule has 0 unspecified atom stereocenters. The van der Waals surface area contributed by atoms with Crippen LogP contribution in [0.2, 0.25) is 0 Å². The molecule has 3 rings (SSSR count). The number of anilines is 2. The molecular weight excluding hydrogens is 438 g/mol. The van der Waals surface area contributed by atoms with Crippen molar-refractivity contribution in [2.24, 2.45) is 0 Å². The first-order valence-corrected chi connectivity index (χ1v) is 13.3. The minimum Gasteiger partial charge on any atom is -0.382 e. The second kappa shape index (κ2) is 14.5. The number of hydrogen-bond acceptors (Lipinski definition) is 4. The number of carbonyl (C=O) groups excluding carboxylic acids is 2. The maximum absolute atomic E-state index is 13.0. The summed E-state index contributed by atoms with van der Waals surface area (Å²) >= 11 is 0. The van der Waals surface area contributed by atoms with Gasteiger partial charge in [-0.2, -0.15) is 0 Å². The molecule has 2 aromatic carbocycles. The van der Waals surface area contributed by atoms with Crippen molar-refractivity contribution in [3.63, 3.8) is 0 Å². The topological polar surface area (TPSA) is 70.7 Å². The van der Waals surface area contributed by atoms with E-state index in [1.165, 1.54) is 31.2 Å².